The molecule has 0 radical (unpaired) electrons. The minimum atomic E-state index is -0.831. The second kappa shape index (κ2) is 10.3. The number of hydrogen-bond acceptors (Lipinski definition) is 4. The average molecular weight is 324 g/mol. The summed E-state index contributed by atoms with van der Waals surface area (Å²) in [5, 5.41) is 28.6. The van der Waals surface area contributed by atoms with E-state index in [4.69, 9.17) is 5.11 Å². The van der Waals surface area contributed by atoms with Gasteiger partial charge < -0.3 is 15.3 Å². The molecule has 1 rings (SSSR count). The van der Waals surface area contributed by atoms with Gasteiger partial charge >= 0.3 is 5.97 Å². The van der Waals surface area contributed by atoms with E-state index < -0.39 is 18.2 Å². The molecule has 4 atom stereocenters. The number of aliphatic hydroxyl groups excluding tert-OH is 2. The molecule has 0 amide bonds. The number of carboxylic acid groups (broad SMARTS) is 1. The molecule has 130 valence electrons. The Balaban J connectivity index is 2.53. The summed E-state index contributed by atoms with van der Waals surface area (Å²) in [7, 11) is 0. The first-order valence-corrected chi connectivity index (χ1v) is 8.39. The lowest BCUT2D eigenvalue weighted by Crippen LogP contribution is -2.19. The topological polar surface area (TPSA) is 94.8 Å². The van der Waals surface area contributed by atoms with Gasteiger partial charge in [-0.1, -0.05) is 37.6 Å². The third kappa shape index (κ3) is 7.10. The number of carboxylic acids is 1. The van der Waals surface area contributed by atoms with Gasteiger partial charge in [0.2, 0.25) is 0 Å². The molecular weight excluding hydrogens is 296 g/mol. The molecule has 0 aromatic rings. The van der Waals surface area contributed by atoms with E-state index in [1.165, 1.54) is 0 Å². The standard InChI is InChI=1S/C18H28O5/c1-2-3-4-7-13(19)10-11-15-14(16(20)12-17(15)21)8-5-6-9-18(22)23/h3-4,10-11,13-15,17,19,21H,2,5-9,12H2,1H3,(H,22,23)/b4-3-,11-10+/t13-,14+,15-,17-/m1/s1. The van der Waals surface area contributed by atoms with Crippen molar-refractivity contribution in [3.05, 3.63) is 24.3 Å². The first kappa shape index (κ1) is 19.6. The van der Waals surface area contributed by atoms with E-state index in [0.29, 0.717) is 25.7 Å². The summed E-state index contributed by atoms with van der Waals surface area (Å²) in [5.74, 6) is -1.35. The molecular formula is C18H28O5. The molecule has 0 aromatic carbocycles. The lowest BCUT2D eigenvalue weighted by Gasteiger charge is -2.17. The molecule has 0 aromatic heterocycles. The minimum Gasteiger partial charge on any atom is -0.481 e. The van der Waals surface area contributed by atoms with Crippen LogP contribution in [0.1, 0.15) is 51.9 Å². The van der Waals surface area contributed by atoms with E-state index in [0.717, 1.165) is 6.42 Å². The van der Waals surface area contributed by atoms with Crippen molar-refractivity contribution in [1.29, 1.82) is 0 Å². The lowest BCUT2D eigenvalue weighted by molar-refractivity contribution is -0.137. The van der Waals surface area contributed by atoms with Crippen LogP contribution < -0.4 is 0 Å². The normalized spacial score (nSPS) is 26.4. The van der Waals surface area contributed by atoms with Crippen molar-refractivity contribution in [2.24, 2.45) is 11.8 Å². The number of carbonyl (C=O) groups is 2. The van der Waals surface area contributed by atoms with Crippen molar-refractivity contribution >= 4 is 11.8 Å². The SMILES string of the molecule is CC/C=C\C[C@@H](O)/C=C/[C@H]1[C@H](O)CC(=O)[C@H]1CCCCC(=O)O. The third-order valence-electron chi connectivity index (χ3n) is 4.22. The number of aliphatic hydroxyl groups is 2. The second-order valence-corrected chi connectivity index (χ2v) is 6.13. The van der Waals surface area contributed by atoms with Crippen LogP contribution in [0.3, 0.4) is 0 Å². The van der Waals surface area contributed by atoms with Crippen LogP contribution in [0.5, 0.6) is 0 Å². The molecule has 0 saturated heterocycles. The average Bonchev–Trinajstić information content (AvgIpc) is 2.75. The fourth-order valence-corrected chi connectivity index (χ4v) is 2.97. The zero-order valence-corrected chi connectivity index (χ0v) is 13.7. The fraction of sp³-hybridized carbons (Fsp3) is 0.667. The van der Waals surface area contributed by atoms with Gasteiger partial charge in [-0.2, -0.15) is 0 Å². The van der Waals surface area contributed by atoms with Gasteiger partial charge in [0.15, 0.2) is 0 Å². The first-order chi connectivity index (χ1) is 11.0. The van der Waals surface area contributed by atoms with Crippen LogP contribution in [-0.4, -0.2) is 39.3 Å². The summed E-state index contributed by atoms with van der Waals surface area (Å²) in [5.41, 5.74) is 0. The van der Waals surface area contributed by atoms with Crippen LogP contribution in [-0.2, 0) is 9.59 Å². The summed E-state index contributed by atoms with van der Waals surface area (Å²) in [6, 6.07) is 0. The van der Waals surface area contributed by atoms with Crippen molar-refractivity contribution in [3.63, 3.8) is 0 Å². The highest BCUT2D eigenvalue weighted by atomic mass is 16.4. The fourth-order valence-electron chi connectivity index (χ4n) is 2.97. The molecule has 1 aliphatic carbocycles. The van der Waals surface area contributed by atoms with E-state index in [2.05, 4.69) is 0 Å². The number of hydrogen-bond donors (Lipinski definition) is 3. The molecule has 0 bridgehead atoms. The second-order valence-electron chi connectivity index (χ2n) is 6.13. The van der Waals surface area contributed by atoms with E-state index in [1.807, 2.05) is 19.1 Å². The van der Waals surface area contributed by atoms with Gasteiger partial charge in [0.1, 0.15) is 5.78 Å². The van der Waals surface area contributed by atoms with Gasteiger partial charge in [-0.15, -0.1) is 0 Å². The Labute approximate surface area is 137 Å². The molecule has 5 nitrogen and oxygen atoms in total. The molecule has 0 spiro atoms. The predicted molar refractivity (Wildman–Crippen MR) is 87.9 cm³/mol. The van der Waals surface area contributed by atoms with Crippen molar-refractivity contribution in [1.82, 2.24) is 0 Å². The van der Waals surface area contributed by atoms with Gasteiger partial charge in [0, 0.05) is 24.7 Å². The Morgan fingerprint density at radius 2 is 2.09 bits per heavy atom. The zero-order valence-electron chi connectivity index (χ0n) is 13.7. The van der Waals surface area contributed by atoms with Crippen molar-refractivity contribution in [2.45, 2.75) is 64.1 Å². The maximum Gasteiger partial charge on any atom is 0.303 e. The summed E-state index contributed by atoms with van der Waals surface area (Å²) >= 11 is 0. The summed E-state index contributed by atoms with van der Waals surface area (Å²) in [6.45, 7) is 2.02. The van der Waals surface area contributed by atoms with Gasteiger partial charge in [-0.25, -0.2) is 0 Å². The van der Waals surface area contributed by atoms with Crippen LogP contribution in [0.25, 0.3) is 0 Å². The summed E-state index contributed by atoms with van der Waals surface area (Å²) in [4.78, 5) is 22.5. The van der Waals surface area contributed by atoms with Crippen LogP contribution in [0, 0.1) is 11.8 Å². The molecule has 0 heterocycles. The Bertz CT molecular complexity index is 441. The third-order valence-corrected chi connectivity index (χ3v) is 4.22. The van der Waals surface area contributed by atoms with Crippen LogP contribution in [0.4, 0.5) is 0 Å². The summed E-state index contributed by atoms with van der Waals surface area (Å²) < 4.78 is 0. The van der Waals surface area contributed by atoms with Gasteiger partial charge in [-0.05, 0) is 25.7 Å². The van der Waals surface area contributed by atoms with Crippen molar-refractivity contribution < 1.29 is 24.9 Å². The Morgan fingerprint density at radius 3 is 2.74 bits per heavy atom. The van der Waals surface area contributed by atoms with Gasteiger partial charge in [-0.3, -0.25) is 9.59 Å². The largest absolute Gasteiger partial charge is 0.481 e. The smallest absolute Gasteiger partial charge is 0.303 e. The van der Waals surface area contributed by atoms with Crippen LogP contribution >= 0.6 is 0 Å². The molecule has 5 heteroatoms. The first-order valence-electron chi connectivity index (χ1n) is 8.39. The molecule has 1 saturated carbocycles. The Hall–Kier alpha value is -1.46. The molecule has 1 fully saturated rings. The minimum absolute atomic E-state index is 0.0304. The molecule has 0 unspecified atom stereocenters. The van der Waals surface area contributed by atoms with E-state index in [1.54, 1.807) is 12.2 Å². The van der Waals surface area contributed by atoms with Crippen LogP contribution in [0.15, 0.2) is 24.3 Å². The maximum absolute atomic E-state index is 12.0. The van der Waals surface area contributed by atoms with Crippen molar-refractivity contribution in [2.75, 3.05) is 0 Å². The Morgan fingerprint density at radius 1 is 1.35 bits per heavy atom. The number of allylic oxidation sites excluding steroid dienone is 1. The van der Waals surface area contributed by atoms with Gasteiger partial charge in [0.25, 0.3) is 0 Å². The highest BCUT2D eigenvalue weighted by Crippen LogP contribution is 2.34. The maximum atomic E-state index is 12.0. The van der Waals surface area contributed by atoms with Crippen LogP contribution in [0.2, 0.25) is 0 Å². The summed E-state index contributed by atoms with van der Waals surface area (Å²) in [6.07, 6.45) is 9.44. The highest BCUT2D eigenvalue weighted by molar-refractivity contribution is 5.84. The van der Waals surface area contributed by atoms with E-state index in [9.17, 15) is 19.8 Å². The predicted octanol–water partition coefficient (Wildman–Crippen LogP) is 2.47. The number of unbranched alkanes of at least 4 members (excludes halogenated alkanes) is 1. The number of carbonyl (C=O) groups excluding carboxylic acids is 1. The van der Waals surface area contributed by atoms with E-state index >= 15 is 0 Å². The van der Waals surface area contributed by atoms with E-state index in [-0.39, 0.29) is 30.5 Å². The number of ketones is 1. The number of rotatable bonds is 10. The molecule has 3 N–H and O–H groups in total. The number of aliphatic carboxylic acids is 1. The molecule has 0 aliphatic heterocycles. The zero-order chi connectivity index (χ0) is 17.2. The monoisotopic (exact) mass is 324 g/mol. The highest BCUT2D eigenvalue weighted by Gasteiger charge is 2.39. The van der Waals surface area contributed by atoms with Gasteiger partial charge in [0.05, 0.1) is 12.2 Å². The number of Topliss-reactive ketones (excluding diaryl/α,β-unsaturated/α-hetero) is 1. The van der Waals surface area contributed by atoms with Crippen molar-refractivity contribution in [3.8, 4) is 0 Å². The molecule has 23 heavy (non-hydrogen) atoms. The lowest BCUT2D eigenvalue weighted by atomic mass is 9.88. The Kier molecular flexibility index (Phi) is 8.81. The molecule has 1 aliphatic rings. The quantitative estimate of drug-likeness (QED) is 0.424.